The van der Waals surface area contributed by atoms with Gasteiger partial charge in [-0.15, -0.1) is 0 Å². The van der Waals surface area contributed by atoms with Gasteiger partial charge in [0.15, 0.2) is 0 Å². The summed E-state index contributed by atoms with van der Waals surface area (Å²) in [6.07, 6.45) is 1.33. The molecule has 0 radical (unpaired) electrons. The molecule has 1 fully saturated rings. The van der Waals surface area contributed by atoms with Gasteiger partial charge >= 0.3 is 0 Å². The van der Waals surface area contributed by atoms with Gasteiger partial charge in [-0.25, -0.2) is 0 Å². The quantitative estimate of drug-likeness (QED) is 0.720. The predicted octanol–water partition coefficient (Wildman–Crippen LogP) is 2.38. The lowest BCUT2D eigenvalue weighted by molar-refractivity contribution is -0.135. The molecule has 1 aliphatic heterocycles. The van der Waals surface area contributed by atoms with Crippen LogP contribution in [0.5, 0.6) is 0 Å². The van der Waals surface area contributed by atoms with E-state index in [0.717, 1.165) is 18.6 Å². The number of hydrogen-bond acceptors (Lipinski definition) is 3. The summed E-state index contributed by atoms with van der Waals surface area (Å²) in [7, 11) is 0. The van der Waals surface area contributed by atoms with Gasteiger partial charge in [-0.2, -0.15) is 0 Å². The molecule has 3 rings (SSSR count). The third kappa shape index (κ3) is 4.85. The topological polar surface area (TPSA) is 43.9 Å². The molecule has 0 aliphatic carbocycles. The van der Waals surface area contributed by atoms with Crippen LogP contribution in [0.25, 0.3) is 0 Å². The molecule has 0 unspecified atom stereocenters. The fourth-order valence-corrected chi connectivity index (χ4v) is 3.21. The minimum absolute atomic E-state index is 0.157. The van der Waals surface area contributed by atoms with Crippen LogP contribution >= 0.6 is 0 Å². The van der Waals surface area contributed by atoms with Crippen LogP contribution in [0.15, 0.2) is 60.7 Å². The van der Waals surface area contributed by atoms with Crippen molar-refractivity contribution in [3.8, 4) is 0 Å². The number of benzene rings is 2. The van der Waals surface area contributed by atoms with Crippen molar-refractivity contribution < 1.29 is 9.59 Å². The summed E-state index contributed by atoms with van der Waals surface area (Å²) in [6.45, 7) is 3.95. The Morgan fingerprint density at radius 2 is 1.54 bits per heavy atom. The van der Waals surface area contributed by atoms with Crippen LogP contribution in [0.1, 0.15) is 12.0 Å². The Labute approximate surface area is 154 Å². The third-order valence-corrected chi connectivity index (χ3v) is 4.75. The average Bonchev–Trinajstić information content (AvgIpc) is 2.72. The highest BCUT2D eigenvalue weighted by Gasteiger charge is 2.20. The number of para-hydroxylation sites is 1. The molecule has 5 nitrogen and oxygen atoms in total. The molecule has 5 heteroatoms. The van der Waals surface area contributed by atoms with E-state index >= 15 is 0 Å². The van der Waals surface area contributed by atoms with Gasteiger partial charge in [0.05, 0.1) is 0 Å². The Morgan fingerprint density at radius 1 is 0.923 bits per heavy atom. The van der Waals surface area contributed by atoms with Crippen molar-refractivity contribution in [2.75, 3.05) is 37.6 Å². The number of hydrogen-bond donors (Lipinski definition) is 0. The van der Waals surface area contributed by atoms with Crippen LogP contribution in [0.4, 0.5) is 5.69 Å². The Balaban J connectivity index is 1.61. The first kappa shape index (κ1) is 18.0. The van der Waals surface area contributed by atoms with Gasteiger partial charge in [-0.05, 0) is 17.7 Å². The van der Waals surface area contributed by atoms with E-state index in [4.69, 9.17) is 0 Å². The van der Waals surface area contributed by atoms with Crippen molar-refractivity contribution >= 4 is 18.0 Å². The summed E-state index contributed by atoms with van der Waals surface area (Å²) in [6, 6.07) is 20.5. The van der Waals surface area contributed by atoms with E-state index in [2.05, 4.69) is 29.2 Å². The highest BCUT2D eigenvalue weighted by Crippen LogP contribution is 2.17. The molecule has 0 N–H and O–H groups in total. The molecule has 2 amide bonds. The molecule has 26 heavy (non-hydrogen) atoms. The molecule has 1 aliphatic rings. The SMILES string of the molecule is O=CN1CCN(C(=O)CCN(Cc2ccccc2)c2ccccc2)CC1. The highest BCUT2D eigenvalue weighted by atomic mass is 16.2. The van der Waals surface area contributed by atoms with Crippen molar-refractivity contribution in [3.63, 3.8) is 0 Å². The minimum atomic E-state index is 0.157. The molecule has 1 saturated heterocycles. The third-order valence-electron chi connectivity index (χ3n) is 4.75. The van der Waals surface area contributed by atoms with Crippen molar-refractivity contribution in [1.82, 2.24) is 9.80 Å². The molecule has 2 aromatic carbocycles. The van der Waals surface area contributed by atoms with E-state index in [1.54, 1.807) is 4.90 Å². The lowest BCUT2D eigenvalue weighted by Gasteiger charge is -2.33. The van der Waals surface area contributed by atoms with Crippen molar-refractivity contribution in [2.24, 2.45) is 0 Å². The normalized spacial score (nSPS) is 14.2. The van der Waals surface area contributed by atoms with Crippen LogP contribution < -0.4 is 4.90 Å². The molecule has 1 heterocycles. The molecular weight excluding hydrogens is 326 g/mol. The molecule has 0 bridgehead atoms. The first-order valence-electron chi connectivity index (χ1n) is 9.07. The maximum absolute atomic E-state index is 12.6. The van der Waals surface area contributed by atoms with Crippen LogP contribution in [-0.2, 0) is 16.1 Å². The van der Waals surface area contributed by atoms with Gasteiger partial charge in [-0.1, -0.05) is 48.5 Å². The number of anilines is 1. The van der Waals surface area contributed by atoms with Crippen molar-refractivity contribution in [1.29, 1.82) is 0 Å². The zero-order valence-electron chi connectivity index (χ0n) is 15.0. The molecular formula is C21H25N3O2. The van der Waals surface area contributed by atoms with Crippen molar-refractivity contribution in [3.05, 3.63) is 66.2 Å². The van der Waals surface area contributed by atoms with E-state index < -0.39 is 0 Å². The summed E-state index contributed by atoms with van der Waals surface area (Å²) in [5.74, 6) is 0.157. The van der Waals surface area contributed by atoms with Crippen molar-refractivity contribution in [2.45, 2.75) is 13.0 Å². The molecule has 0 atom stereocenters. The van der Waals surface area contributed by atoms with E-state index in [-0.39, 0.29) is 5.91 Å². The summed E-state index contributed by atoms with van der Waals surface area (Å²) in [4.78, 5) is 29.2. The average molecular weight is 351 g/mol. The van der Waals surface area contributed by atoms with Gasteiger partial charge in [0.1, 0.15) is 0 Å². The zero-order chi connectivity index (χ0) is 18.2. The van der Waals surface area contributed by atoms with Gasteiger partial charge in [0, 0.05) is 51.4 Å². The standard InChI is InChI=1S/C21H25N3O2/c25-18-22-13-15-23(16-14-22)21(26)11-12-24(20-9-5-2-6-10-20)17-19-7-3-1-4-8-19/h1-10,18H,11-17H2. The summed E-state index contributed by atoms with van der Waals surface area (Å²) in [5.41, 5.74) is 2.35. The fourth-order valence-electron chi connectivity index (χ4n) is 3.21. The van der Waals surface area contributed by atoms with Gasteiger partial charge in [0.2, 0.25) is 12.3 Å². The molecule has 136 valence electrons. The maximum Gasteiger partial charge on any atom is 0.224 e. The van der Waals surface area contributed by atoms with E-state index in [1.807, 2.05) is 41.3 Å². The minimum Gasteiger partial charge on any atom is -0.367 e. The van der Waals surface area contributed by atoms with Crippen LogP contribution in [0.3, 0.4) is 0 Å². The number of nitrogens with zero attached hydrogens (tertiary/aromatic N) is 3. The van der Waals surface area contributed by atoms with Crippen LogP contribution in [0.2, 0.25) is 0 Å². The first-order valence-corrected chi connectivity index (χ1v) is 9.07. The number of carbonyl (C=O) groups excluding carboxylic acids is 2. The number of carbonyl (C=O) groups is 2. The van der Waals surface area contributed by atoms with E-state index in [9.17, 15) is 9.59 Å². The zero-order valence-corrected chi connectivity index (χ0v) is 15.0. The van der Waals surface area contributed by atoms with Gasteiger partial charge in [0.25, 0.3) is 0 Å². The second-order valence-electron chi connectivity index (χ2n) is 6.51. The maximum atomic E-state index is 12.6. The Hall–Kier alpha value is -2.82. The lowest BCUT2D eigenvalue weighted by atomic mass is 10.2. The second-order valence-corrected chi connectivity index (χ2v) is 6.51. The molecule has 0 spiro atoms. The monoisotopic (exact) mass is 351 g/mol. The Kier molecular flexibility index (Phi) is 6.25. The summed E-state index contributed by atoms with van der Waals surface area (Å²) >= 11 is 0. The Morgan fingerprint density at radius 3 is 2.15 bits per heavy atom. The van der Waals surface area contributed by atoms with Crippen LogP contribution in [-0.4, -0.2) is 54.8 Å². The van der Waals surface area contributed by atoms with Gasteiger partial charge < -0.3 is 14.7 Å². The van der Waals surface area contributed by atoms with E-state index in [0.29, 0.717) is 39.1 Å². The second kappa shape index (κ2) is 9.04. The molecule has 2 aromatic rings. The smallest absolute Gasteiger partial charge is 0.224 e. The highest BCUT2D eigenvalue weighted by molar-refractivity contribution is 5.77. The number of amides is 2. The molecule has 0 aromatic heterocycles. The first-order chi connectivity index (χ1) is 12.8. The van der Waals surface area contributed by atoms with Gasteiger partial charge in [-0.3, -0.25) is 9.59 Å². The number of piperazine rings is 1. The largest absolute Gasteiger partial charge is 0.367 e. The predicted molar refractivity (Wildman–Crippen MR) is 103 cm³/mol. The van der Waals surface area contributed by atoms with Crippen LogP contribution in [0, 0.1) is 0 Å². The lowest BCUT2D eigenvalue weighted by Crippen LogP contribution is -2.48. The fraction of sp³-hybridized carbons (Fsp3) is 0.333. The number of rotatable bonds is 7. The Bertz CT molecular complexity index is 698. The summed E-state index contributed by atoms with van der Waals surface area (Å²) < 4.78 is 0. The molecule has 0 saturated carbocycles. The summed E-state index contributed by atoms with van der Waals surface area (Å²) in [5, 5.41) is 0. The van der Waals surface area contributed by atoms with E-state index in [1.165, 1.54) is 5.56 Å².